The highest BCUT2D eigenvalue weighted by Gasteiger charge is 2.31. The van der Waals surface area contributed by atoms with E-state index >= 15 is 0 Å². The fourth-order valence-electron chi connectivity index (χ4n) is 1.22. The molecule has 0 heterocycles. The number of nitrogens with one attached hydrogen (secondary N) is 1. The number of sulfone groups is 1. The summed E-state index contributed by atoms with van der Waals surface area (Å²) in [5, 5.41) is 10.3. The molecule has 0 aliphatic carbocycles. The number of hydrogen-bond acceptors (Lipinski definition) is 4. The Labute approximate surface area is 101 Å². The first kappa shape index (κ1) is 15.9. The highest BCUT2D eigenvalue weighted by molar-refractivity contribution is 7.92. The van der Waals surface area contributed by atoms with Gasteiger partial charge in [0, 0.05) is 6.92 Å². The van der Waals surface area contributed by atoms with E-state index < -0.39 is 38.8 Å². The van der Waals surface area contributed by atoms with Crippen molar-refractivity contribution < 1.29 is 23.1 Å². The molecular weight excluding hydrogens is 246 g/mol. The molecule has 0 saturated carbocycles. The van der Waals surface area contributed by atoms with E-state index in [2.05, 4.69) is 5.32 Å². The lowest BCUT2D eigenvalue weighted by molar-refractivity contribution is -0.140. The van der Waals surface area contributed by atoms with Crippen molar-refractivity contribution in [3.8, 4) is 0 Å². The number of carboxylic acid groups (broad SMARTS) is 1. The molecule has 6 nitrogen and oxygen atoms in total. The minimum Gasteiger partial charge on any atom is -0.480 e. The van der Waals surface area contributed by atoms with Gasteiger partial charge in [0.1, 0.15) is 6.04 Å². The Morgan fingerprint density at radius 2 is 1.71 bits per heavy atom. The molecule has 100 valence electrons. The molecule has 0 aromatic carbocycles. The molecule has 0 fully saturated rings. The van der Waals surface area contributed by atoms with Crippen molar-refractivity contribution in [2.45, 2.75) is 39.0 Å². The average molecular weight is 265 g/mol. The second kappa shape index (κ2) is 6.00. The van der Waals surface area contributed by atoms with E-state index in [1.165, 1.54) is 6.92 Å². The number of hydrogen-bond donors (Lipinski definition) is 2. The van der Waals surface area contributed by atoms with E-state index in [0.29, 0.717) is 0 Å². The van der Waals surface area contributed by atoms with E-state index in [1.54, 1.807) is 13.8 Å². The molecule has 0 aromatic rings. The van der Waals surface area contributed by atoms with Crippen molar-refractivity contribution in [3.63, 3.8) is 0 Å². The largest absolute Gasteiger partial charge is 0.480 e. The van der Waals surface area contributed by atoms with Crippen LogP contribution >= 0.6 is 0 Å². The number of carbonyl (C=O) groups is 2. The van der Waals surface area contributed by atoms with E-state index in [-0.39, 0.29) is 5.92 Å². The lowest BCUT2D eigenvalue weighted by Gasteiger charge is -2.19. The number of carboxylic acids is 1. The first-order valence-electron chi connectivity index (χ1n) is 5.29. The molecule has 0 aliphatic heterocycles. The number of carbonyl (C=O) groups excluding carboxylic acids is 1. The lowest BCUT2D eigenvalue weighted by Crippen LogP contribution is -2.46. The minimum absolute atomic E-state index is 0.105. The van der Waals surface area contributed by atoms with E-state index in [9.17, 15) is 18.0 Å². The molecule has 2 N–H and O–H groups in total. The SMILES string of the molecule is CC(=O)NC(CS(=O)(=O)C(C)C(C)C)C(=O)O. The molecule has 17 heavy (non-hydrogen) atoms. The van der Waals surface area contributed by atoms with Crippen LogP contribution in [0.5, 0.6) is 0 Å². The Bertz CT molecular complexity index is 388. The first-order valence-corrected chi connectivity index (χ1v) is 7.01. The highest BCUT2D eigenvalue weighted by atomic mass is 32.2. The summed E-state index contributed by atoms with van der Waals surface area (Å²) in [6, 6.07) is -1.39. The average Bonchev–Trinajstić information content (AvgIpc) is 2.14. The van der Waals surface area contributed by atoms with Crippen LogP contribution in [0.1, 0.15) is 27.7 Å². The van der Waals surface area contributed by atoms with E-state index in [1.807, 2.05) is 0 Å². The van der Waals surface area contributed by atoms with E-state index in [0.717, 1.165) is 6.92 Å². The summed E-state index contributed by atoms with van der Waals surface area (Å²) < 4.78 is 23.7. The van der Waals surface area contributed by atoms with Crippen LogP contribution in [0.15, 0.2) is 0 Å². The van der Waals surface area contributed by atoms with Gasteiger partial charge in [0.2, 0.25) is 5.91 Å². The zero-order valence-corrected chi connectivity index (χ0v) is 11.2. The molecule has 7 heteroatoms. The predicted molar refractivity (Wildman–Crippen MR) is 63.3 cm³/mol. The molecular formula is C10H19NO5S. The van der Waals surface area contributed by atoms with Crippen LogP contribution in [0.2, 0.25) is 0 Å². The molecule has 0 aromatic heterocycles. The summed E-state index contributed by atoms with van der Waals surface area (Å²) in [7, 11) is -3.54. The van der Waals surface area contributed by atoms with E-state index in [4.69, 9.17) is 5.11 Å². The maximum atomic E-state index is 11.9. The molecule has 0 rings (SSSR count). The summed E-state index contributed by atoms with van der Waals surface area (Å²) in [6.07, 6.45) is 0. The van der Waals surface area contributed by atoms with Gasteiger partial charge in [-0.3, -0.25) is 4.79 Å². The number of rotatable bonds is 6. The normalized spacial score (nSPS) is 15.4. The van der Waals surface area contributed by atoms with Crippen molar-refractivity contribution in [1.82, 2.24) is 5.32 Å². The van der Waals surface area contributed by atoms with Crippen LogP contribution < -0.4 is 5.32 Å². The van der Waals surface area contributed by atoms with Gasteiger partial charge in [-0.05, 0) is 12.8 Å². The fraction of sp³-hybridized carbons (Fsp3) is 0.800. The topological polar surface area (TPSA) is 101 Å². The predicted octanol–water partition coefficient (Wildman–Crippen LogP) is 0.0350. The van der Waals surface area contributed by atoms with Crippen molar-refractivity contribution >= 4 is 21.7 Å². The smallest absolute Gasteiger partial charge is 0.327 e. The van der Waals surface area contributed by atoms with Crippen molar-refractivity contribution in [2.75, 3.05) is 5.75 Å². The summed E-state index contributed by atoms with van der Waals surface area (Å²) in [6.45, 7) is 6.17. The third-order valence-electron chi connectivity index (χ3n) is 2.58. The molecule has 0 radical (unpaired) electrons. The van der Waals surface area contributed by atoms with Crippen LogP contribution in [0.25, 0.3) is 0 Å². The van der Waals surface area contributed by atoms with Gasteiger partial charge in [0.25, 0.3) is 0 Å². The molecule has 0 bridgehead atoms. The zero-order chi connectivity index (χ0) is 13.8. The number of amides is 1. The molecule has 0 aliphatic rings. The van der Waals surface area contributed by atoms with Gasteiger partial charge >= 0.3 is 5.97 Å². The van der Waals surface area contributed by atoms with Crippen LogP contribution in [0.4, 0.5) is 0 Å². The van der Waals surface area contributed by atoms with Gasteiger partial charge in [-0.15, -0.1) is 0 Å². The monoisotopic (exact) mass is 265 g/mol. The van der Waals surface area contributed by atoms with Crippen LogP contribution in [0, 0.1) is 5.92 Å². The minimum atomic E-state index is -3.54. The molecule has 1 amide bonds. The third kappa shape index (κ3) is 5.16. The summed E-state index contributed by atoms with van der Waals surface area (Å²) >= 11 is 0. The molecule has 2 atom stereocenters. The summed E-state index contributed by atoms with van der Waals surface area (Å²) in [5.74, 6) is -2.60. The van der Waals surface area contributed by atoms with Gasteiger partial charge < -0.3 is 10.4 Å². The van der Waals surface area contributed by atoms with Gasteiger partial charge in [-0.25, -0.2) is 13.2 Å². The summed E-state index contributed by atoms with van der Waals surface area (Å²) in [4.78, 5) is 21.6. The van der Waals surface area contributed by atoms with Gasteiger partial charge in [0.05, 0.1) is 11.0 Å². The summed E-state index contributed by atoms with van der Waals surface area (Å²) in [5.41, 5.74) is 0. The third-order valence-corrected chi connectivity index (χ3v) is 5.06. The Hall–Kier alpha value is -1.11. The Balaban J connectivity index is 4.88. The first-order chi connectivity index (χ1) is 7.58. The van der Waals surface area contributed by atoms with Crippen LogP contribution in [0.3, 0.4) is 0 Å². The van der Waals surface area contributed by atoms with Crippen LogP contribution in [-0.2, 0) is 19.4 Å². The second-order valence-corrected chi connectivity index (χ2v) is 6.77. The Kier molecular flexibility index (Phi) is 5.60. The Morgan fingerprint density at radius 1 is 1.24 bits per heavy atom. The second-order valence-electron chi connectivity index (χ2n) is 4.37. The van der Waals surface area contributed by atoms with Gasteiger partial charge in [-0.2, -0.15) is 0 Å². The zero-order valence-electron chi connectivity index (χ0n) is 10.4. The fourth-order valence-corrected chi connectivity index (χ4v) is 3.04. The van der Waals surface area contributed by atoms with Crippen molar-refractivity contribution in [3.05, 3.63) is 0 Å². The Morgan fingerprint density at radius 3 is 2.00 bits per heavy atom. The quantitative estimate of drug-likeness (QED) is 0.706. The number of aliphatic carboxylic acids is 1. The van der Waals surface area contributed by atoms with Crippen LogP contribution in [-0.4, -0.2) is 42.4 Å². The van der Waals surface area contributed by atoms with Gasteiger partial charge in [0.15, 0.2) is 9.84 Å². The highest BCUT2D eigenvalue weighted by Crippen LogP contribution is 2.13. The molecule has 2 unspecified atom stereocenters. The standard InChI is InChI=1S/C10H19NO5S/c1-6(2)7(3)17(15,16)5-9(10(13)14)11-8(4)12/h6-7,9H,5H2,1-4H3,(H,11,12)(H,13,14). The molecule has 0 saturated heterocycles. The molecule has 0 spiro atoms. The maximum Gasteiger partial charge on any atom is 0.327 e. The van der Waals surface area contributed by atoms with Crippen molar-refractivity contribution in [2.24, 2.45) is 5.92 Å². The van der Waals surface area contributed by atoms with Gasteiger partial charge in [-0.1, -0.05) is 13.8 Å². The maximum absolute atomic E-state index is 11.9. The lowest BCUT2D eigenvalue weighted by atomic mass is 10.2. The van der Waals surface area contributed by atoms with Crippen molar-refractivity contribution in [1.29, 1.82) is 0 Å².